The van der Waals surface area contributed by atoms with Crippen molar-refractivity contribution in [3.05, 3.63) is 39.6 Å². The van der Waals surface area contributed by atoms with Crippen LogP contribution in [0, 0.1) is 11.7 Å². The molecule has 28 heavy (non-hydrogen) atoms. The molecule has 2 heterocycles. The Hall–Kier alpha value is -2.23. The number of urea groups is 1. The van der Waals surface area contributed by atoms with Crippen molar-refractivity contribution in [3.8, 4) is 0 Å². The van der Waals surface area contributed by atoms with Crippen LogP contribution in [0.25, 0.3) is 0 Å². The highest BCUT2D eigenvalue weighted by molar-refractivity contribution is 7.15. The largest absolute Gasteiger partial charge is 0.393 e. The molecule has 0 unspecified atom stereocenters. The highest BCUT2D eigenvalue weighted by atomic mass is 35.5. The normalized spacial score (nSPS) is 20.9. The number of aromatic nitrogens is 1. The molecule has 1 aliphatic heterocycles. The van der Waals surface area contributed by atoms with Gasteiger partial charge < -0.3 is 20.6 Å². The summed E-state index contributed by atoms with van der Waals surface area (Å²) in [5.74, 6) is -0.835. The minimum Gasteiger partial charge on any atom is -0.393 e. The third-order valence-electron chi connectivity index (χ3n) is 4.90. The van der Waals surface area contributed by atoms with Crippen LogP contribution in [-0.4, -0.2) is 39.6 Å². The third kappa shape index (κ3) is 3.96. The van der Waals surface area contributed by atoms with Crippen LogP contribution < -0.4 is 10.6 Å². The van der Waals surface area contributed by atoms with Crippen LogP contribution in [0.15, 0.2) is 18.2 Å². The van der Waals surface area contributed by atoms with Gasteiger partial charge in [0.05, 0.1) is 23.4 Å². The van der Waals surface area contributed by atoms with Crippen LogP contribution in [0.5, 0.6) is 0 Å². The maximum atomic E-state index is 13.2. The Morgan fingerprint density at radius 2 is 2.11 bits per heavy atom. The van der Waals surface area contributed by atoms with E-state index in [9.17, 15) is 19.1 Å². The molecule has 0 atom stereocenters. The molecule has 1 aromatic carbocycles. The van der Waals surface area contributed by atoms with Crippen LogP contribution >= 0.6 is 22.9 Å². The van der Waals surface area contributed by atoms with E-state index in [4.69, 9.17) is 11.6 Å². The zero-order valence-electron chi connectivity index (χ0n) is 14.7. The second kappa shape index (κ2) is 7.65. The number of carbonyl (C=O) groups excluding carboxylic acids is 2. The van der Waals surface area contributed by atoms with Crippen LogP contribution in [0.4, 0.5) is 20.0 Å². The molecule has 0 bridgehead atoms. The van der Waals surface area contributed by atoms with E-state index in [1.54, 1.807) is 4.90 Å². The van der Waals surface area contributed by atoms with E-state index in [0.29, 0.717) is 43.2 Å². The lowest BCUT2D eigenvalue weighted by atomic mass is 9.82. The molecule has 4 rings (SSSR count). The minimum absolute atomic E-state index is 0.0550. The van der Waals surface area contributed by atoms with Crippen molar-refractivity contribution < 1.29 is 19.1 Å². The molecule has 0 radical (unpaired) electrons. The van der Waals surface area contributed by atoms with E-state index in [1.165, 1.54) is 29.5 Å². The quantitative estimate of drug-likeness (QED) is 0.705. The van der Waals surface area contributed by atoms with Gasteiger partial charge in [-0.1, -0.05) is 22.9 Å². The average molecular weight is 425 g/mol. The monoisotopic (exact) mass is 424 g/mol. The molecular formula is C18H18ClFN4O3S. The van der Waals surface area contributed by atoms with E-state index in [2.05, 4.69) is 15.6 Å². The zero-order chi connectivity index (χ0) is 19.8. The first-order valence-electron chi connectivity index (χ1n) is 8.87. The fourth-order valence-electron chi connectivity index (χ4n) is 3.21. The summed E-state index contributed by atoms with van der Waals surface area (Å²) < 4.78 is 13.2. The molecule has 10 heteroatoms. The maximum Gasteiger partial charge on any atom is 0.322 e. The molecule has 2 aliphatic rings. The minimum atomic E-state index is -0.544. The number of halogens is 2. The number of nitrogens with one attached hydrogen (secondary N) is 2. The summed E-state index contributed by atoms with van der Waals surface area (Å²) in [4.78, 5) is 31.6. The number of amides is 3. The van der Waals surface area contributed by atoms with E-state index >= 15 is 0 Å². The van der Waals surface area contributed by atoms with Gasteiger partial charge >= 0.3 is 6.03 Å². The Morgan fingerprint density at radius 1 is 1.32 bits per heavy atom. The van der Waals surface area contributed by atoms with Gasteiger partial charge in [-0.15, -0.1) is 0 Å². The SMILES string of the molecule is O=C(Nc1nc2c(s1)CN(C(=O)Nc1ccc(F)c(Cl)c1)CC2)C1CC(O)C1. The van der Waals surface area contributed by atoms with E-state index < -0.39 is 5.82 Å². The molecule has 1 aliphatic carbocycles. The van der Waals surface area contributed by atoms with Crippen LogP contribution in [-0.2, 0) is 17.8 Å². The summed E-state index contributed by atoms with van der Waals surface area (Å²) in [5, 5.41) is 15.3. The number of hydrogen-bond donors (Lipinski definition) is 3. The van der Waals surface area contributed by atoms with E-state index in [-0.39, 0.29) is 29.0 Å². The number of thiazole rings is 1. The van der Waals surface area contributed by atoms with Gasteiger partial charge in [0.1, 0.15) is 5.82 Å². The van der Waals surface area contributed by atoms with Gasteiger partial charge in [0.25, 0.3) is 0 Å². The number of benzene rings is 1. The summed E-state index contributed by atoms with van der Waals surface area (Å²) in [6.45, 7) is 0.867. The Kier molecular flexibility index (Phi) is 5.22. The Bertz CT molecular complexity index is 932. The van der Waals surface area contributed by atoms with Gasteiger partial charge in [-0.2, -0.15) is 0 Å². The molecule has 0 spiro atoms. The van der Waals surface area contributed by atoms with Crippen molar-refractivity contribution in [2.45, 2.75) is 31.9 Å². The van der Waals surface area contributed by atoms with Gasteiger partial charge in [0, 0.05) is 29.4 Å². The van der Waals surface area contributed by atoms with Crippen LogP contribution in [0.3, 0.4) is 0 Å². The fraction of sp³-hybridized carbons (Fsp3) is 0.389. The summed E-state index contributed by atoms with van der Waals surface area (Å²) in [5.41, 5.74) is 1.30. The fourth-order valence-corrected chi connectivity index (χ4v) is 4.42. The summed E-state index contributed by atoms with van der Waals surface area (Å²) >= 11 is 7.09. The highest BCUT2D eigenvalue weighted by Gasteiger charge is 2.34. The van der Waals surface area contributed by atoms with Gasteiger partial charge in [-0.05, 0) is 31.0 Å². The first kappa shape index (κ1) is 19.1. The van der Waals surface area contributed by atoms with Crippen molar-refractivity contribution in [3.63, 3.8) is 0 Å². The third-order valence-corrected chi connectivity index (χ3v) is 6.19. The molecule has 3 N–H and O–H groups in total. The number of nitrogens with zero attached hydrogens (tertiary/aromatic N) is 2. The molecule has 1 saturated carbocycles. The first-order chi connectivity index (χ1) is 13.4. The van der Waals surface area contributed by atoms with Crippen molar-refractivity contribution >= 4 is 45.7 Å². The number of rotatable bonds is 3. The Labute approximate surface area is 169 Å². The second-order valence-corrected chi connectivity index (χ2v) is 8.42. The highest BCUT2D eigenvalue weighted by Crippen LogP contribution is 2.32. The lowest BCUT2D eigenvalue weighted by Crippen LogP contribution is -2.38. The topological polar surface area (TPSA) is 94.6 Å². The predicted molar refractivity (Wildman–Crippen MR) is 104 cm³/mol. The molecule has 7 nitrogen and oxygen atoms in total. The standard InChI is InChI=1S/C18H18ClFN4O3S/c19-12-7-10(1-2-13(12)20)21-18(27)24-4-3-14-15(8-24)28-17(22-14)23-16(26)9-5-11(25)6-9/h1-2,7,9,11,25H,3-6,8H2,(H,21,27)(H,22,23,26). The number of anilines is 2. The lowest BCUT2D eigenvalue weighted by molar-refractivity contribution is -0.126. The molecule has 0 saturated heterocycles. The van der Waals surface area contributed by atoms with E-state index in [1.807, 2.05) is 0 Å². The van der Waals surface area contributed by atoms with Crippen LogP contribution in [0.2, 0.25) is 5.02 Å². The number of carbonyl (C=O) groups is 2. The summed E-state index contributed by atoms with van der Waals surface area (Å²) in [7, 11) is 0. The molecular weight excluding hydrogens is 407 g/mol. The van der Waals surface area contributed by atoms with Crippen molar-refractivity contribution in [1.82, 2.24) is 9.88 Å². The molecule has 3 amide bonds. The van der Waals surface area contributed by atoms with Gasteiger partial charge in [0.15, 0.2) is 5.13 Å². The average Bonchev–Trinajstić information content (AvgIpc) is 3.03. The second-order valence-electron chi connectivity index (χ2n) is 6.93. The lowest BCUT2D eigenvalue weighted by Gasteiger charge is -2.29. The molecule has 2 aromatic rings. The number of aliphatic hydroxyl groups excluding tert-OH is 1. The number of aliphatic hydroxyl groups is 1. The number of fused-ring (bicyclic) bond motifs is 1. The molecule has 1 fully saturated rings. The molecule has 1 aromatic heterocycles. The van der Waals surface area contributed by atoms with Crippen molar-refractivity contribution in [2.24, 2.45) is 5.92 Å². The van der Waals surface area contributed by atoms with Crippen LogP contribution in [0.1, 0.15) is 23.4 Å². The predicted octanol–water partition coefficient (Wildman–Crippen LogP) is 3.24. The smallest absolute Gasteiger partial charge is 0.322 e. The van der Waals surface area contributed by atoms with Crippen molar-refractivity contribution in [2.75, 3.05) is 17.2 Å². The maximum absolute atomic E-state index is 13.2. The van der Waals surface area contributed by atoms with E-state index in [0.717, 1.165) is 10.6 Å². The summed E-state index contributed by atoms with van der Waals surface area (Å²) in [6.07, 6.45) is 1.17. The first-order valence-corrected chi connectivity index (χ1v) is 10.1. The van der Waals surface area contributed by atoms with Gasteiger partial charge in [-0.3, -0.25) is 4.79 Å². The molecule has 148 valence electrons. The van der Waals surface area contributed by atoms with Gasteiger partial charge in [-0.25, -0.2) is 14.2 Å². The Balaban J connectivity index is 1.37. The Morgan fingerprint density at radius 3 is 2.82 bits per heavy atom. The zero-order valence-corrected chi connectivity index (χ0v) is 16.3. The van der Waals surface area contributed by atoms with Gasteiger partial charge in [0.2, 0.25) is 5.91 Å². The van der Waals surface area contributed by atoms with Crippen molar-refractivity contribution in [1.29, 1.82) is 0 Å². The number of hydrogen-bond acceptors (Lipinski definition) is 5. The summed E-state index contributed by atoms with van der Waals surface area (Å²) in [6, 6.07) is 3.70.